The van der Waals surface area contributed by atoms with Gasteiger partial charge < -0.3 is 15.7 Å². The Hall–Kier alpha value is -1.07. The molecule has 0 saturated carbocycles. The second kappa shape index (κ2) is 4.66. The molecule has 0 spiro atoms. The van der Waals surface area contributed by atoms with Gasteiger partial charge in [0, 0.05) is 23.2 Å². The summed E-state index contributed by atoms with van der Waals surface area (Å²) in [6, 6.07) is 5.96. The zero-order valence-electron chi connectivity index (χ0n) is 9.59. The van der Waals surface area contributed by atoms with Crippen molar-refractivity contribution in [1.29, 1.82) is 0 Å². The summed E-state index contributed by atoms with van der Waals surface area (Å²) in [6.07, 6.45) is 0.130. The normalized spacial score (nSPS) is 17.3. The molecule has 1 fully saturated rings. The number of carbonyl (C=O) groups is 1. The van der Waals surface area contributed by atoms with E-state index >= 15 is 0 Å². The second-order valence-electron chi connectivity index (χ2n) is 4.54. The highest BCUT2D eigenvalue weighted by Crippen LogP contribution is 2.26. The van der Waals surface area contributed by atoms with E-state index in [0.29, 0.717) is 13.1 Å². The predicted octanol–water partition coefficient (Wildman–Crippen LogP) is 1.99. The van der Waals surface area contributed by atoms with Gasteiger partial charge in [-0.25, -0.2) is 0 Å². The topological polar surface area (TPSA) is 61.4 Å². The molecule has 92 valence electrons. The summed E-state index contributed by atoms with van der Waals surface area (Å²) in [5.41, 5.74) is 1.76. The molecule has 5 heteroatoms. The summed E-state index contributed by atoms with van der Waals surface area (Å²) < 4.78 is 1.03. The summed E-state index contributed by atoms with van der Waals surface area (Å²) in [5.74, 6) is -0.773. The summed E-state index contributed by atoms with van der Waals surface area (Å²) in [4.78, 5) is 10.8. The molecule has 0 unspecified atom stereocenters. The van der Waals surface area contributed by atoms with Crippen LogP contribution in [0.1, 0.15) is 12.0 Å². The van der Waals surface area contributed by atoms with Gasteiger partial charge in [-0.2, -0.15) is 0 Å². The van der Waals surface area contributed by atoms with Crippen molar-refractivity contribution in [2.24, 2.45) is 0 Å². The van der Waals surface area contributed by atoms with Crippen LogP contribution in [0.25, 0.3) is 0 Å². The maximum Gasteiger partial charge on any atom is 0.305 e. The highest BCUT2D eigenvalue weighted by Gasteiger charge is 2.38. The van der Waals surface area contributed by atoms with Crippen LogP contribution in [0.2, 0.25) is 0 Å². The van der Waals surface area contributed by atoms with Crippen LogP contribution in [0.4, 0.5) is 5.69 Å². The Bertz CT molecular complexity index is 444. The van der Waals surface area contributed by atoms with Crippen LogP contribution in [0.3, 0.4) is 0 Å². The number of nitrogens with one attached hydrogen (secondary N) is 2. The van der Waals surface area contributed by atoms with Crippen molar-refractivity contribution in [3.63, 3.8) is 0 Å². The molecule has 1 aromatic carbocycles. The van der Waals surface area contributed by atoms with Crippen LogP contribution >= 0.6 is 15.9 Å². The lowest BCUT2D eigenvalue weighted by Crippen LogP contribution is -2.65. The summed E-state index contributed by atoms with van der Waals surface area (Å²) >= 11 is 3.47. The molecule has 4 nitrogen and oxygen atoms in total. The fraction of sp³-hybridized carbons (Fsp3) is 0.417. The van der Waals surface area contributed by atoms with Crippen molar-refractivity contribution in [3.8, 4) is 0 Å². The van der Waals surface area contributed by atoms with E-state index < -0.39 is 5.97 Å². The Morgan fingerprint density at radius 3 is 2.76 bits per heavy atom. The van der Waals surface area contributed by atoms with Crippen molar-refractivity contribution in [2.45, 2.75) is 18.9 Å². The first-order valence-electron chi connectivity index (χ1n) is 5.48. The first-order valence-corrected chi connectivity index (χ1v) is 6.27. The minimum absolute atomic E-state index is 0.130. The van der Waals surface area contributed by atoms with Crippen molar-refractivity contribution in [1.82, 2.24) is 5.32 Å². The Kier molecular flexibility index (Phi) is 3.40. The van der Waals surface area contributed by atoms with E-state index in [4.69, 9.17) is 5.11 Å². The molecule has 1 aliphatic rings. The Morgan fingerprint density at radius 2 is 2.29 bits per heavy atom. The molecular weight excluding hydrogens is 284 g/mol. The van der Waals surface area contributed by atoms with E-state index in [1.54, 1.807) is 0 Å². The first kappa shape index (κ1) is 12.4. The van der Waals surface area contributed by atoms with E-state index in [2.05, 4.69) is 26.6 Å². The molecule has 1 aromatic rings. The van der Waals surface area contributed by atoms with Crippen LogP contribution < -0.4 is 10.6 Å². The van der Waals surface area contributed by atoms with Crippen LogP contribution in [0, 0.1) is 6.92 Å². The van der Waals surface area contributed by atoms with Gasteiger partial charge in [0.15, 0.2) is 0 Å². The molecule has 0 bridgehead atoms. The van der Waals surface area contributed by atoms with Gasteiger partial charge in [-0.15, -0.1) is 0 Å². The molecule has 2 rings (SSSR count). The van der Waals surface area contributed by atoms with Gasteiger partial charge in [-0.1, -0.05) is 22.0 Å². The SMILES string of the molecule is Cc1ccc(NC2(CC(=O)O)CNC2)cc1Br. The zero-order valence-corrected chi connectivity index (χ0v) is 11.2. The number of hydrogen-bond donors (Lipinski definition) is 3. The summed E-state index contributed by atoms with van der Waals surface area (Å²) in [7, 11) is 0. The summed E-state index contributed by atoms with van der Waals surface area (Å²) in [6.45, 7) is 3.39. The minimum Gasteiger partial charge on any atom is -0.481 e. The monoisotopic (exact) mass is 298 g/mol. The van der Waals surface area contributed by atoms with E-state index in [1.807, 2.05) is 25.1 Å². The molecule has 3 N–H and O–H groups in total. The lowest BCUT2D eigenvalue weighted by Gasteiger charge is -2.43. The third kappa shape index (κ3) is 2.79. The van der Waals surface area contributed by atoms with Gasteiger partial charge in [0.1, 0.15) is 0 Å². The largest absolute Gasteiger partial charge is 0.481 e. The quantitative estimate of drug-likeness (QED) is 0.795. The second-order valence-corrected chi connectivity index (χ2v) is 5.40. The van der Waals surface area contributed by atoms with Crippen LogP contribution in [0.5, 0.6) is 0 Å². The van der Waals surface area contributed by atoms with Crippen LogP contribution in [0.15, 0.2) is 22.7 Å². The van der Waals surface area contributed by atoms with Crippen molar-refractivity contribution in [2.75, 3.05) is 18.4 Å². The molecule has 0 atom stereocenters. The van der Waals surface area contributed by atoms with E-state index in [-0.39, 0.29) is 12.0 Å². The molecule has 0 aliphatic carbocycles. The van der Waals surface area contributed by atoms with Gasteiger partial charge in [0.05, 0.1) is 12.0 Å². The van der Waals surface area contributed by atoms with Crippen LogP contribution in [-0.4, -0.2) is 29.7 Å². The van der Waals surface area contributed by atoms with Gasteiger partial charge in [-0.3, -0.25) is 4.79 Å². The third-order valence-corrected chi connectivity index (χ3v) is 3.85. The lowest BCUT2D eigenvalue weighted by atomic mass is 9.88. The smallest absolute Gasteiger partial charge is 0.305 e. The molecule has 1 aliphatic heterocycles. The number of carboxylic acids is 1. The fourth-order valence-corrected chi connectivity index (χ4v) is 2.33. The van der Waals surface area contributed by atoms with E-state index in [9.17, 15) is 4.79 Å². The highest BCUT2D eigenvalue weighted by atomic mass is 79.9. The number of anilines is 1. The van der Waals surface area contributed by atoms with Crippen molar-refractivity contribution in [3.05, 3.63) is 28.2 Å². The minimum atomic E-state index is -0.773. The third-order valence-electron chi connectivity index (χ3n) is 3.00. The number of aliphatic carboxylic acids is 1. The molecule has 17 heavy (non-hydrogen) atoms. The molecule has 0 aromatic heterocycles. The average molecular weight is 299 g/mol. The van der Waals surface area contributed by atoms with Gasteiger partial charge in [0.2, 0.25) is 0 Å². The Labute approximate surface area is 109 Å². The summed E-state index contributed by atoms with van der Waals surface area (Å²) in [5, 5.41) is 15.3. The number of benzene rings is 1. The molecular formula is C12H15BrN2O2. The van der Waals surface area contributed by atoms with Crippen LogP contribution in [-0.2, 0) is 4.79 Å². The predicted molar refractivity (Wildman–Crippen MR) is 70.4 cm³/mol. The van der Waals surface area contributed by atoms with Gasteiger partial charge >= 0.3 is 5.97 Å². The molecule has 0 radical (unpaired) electrons. The molecule has 1 heterocycles. The average Bonchev–Trinajstić information content (AvgIpc) is 2.19. The Morgan fingerprint density at radius 1 is 1.59 bits per heavy atom. The number of rotatable bonds is 4. The number of halogens is 1. The number of hydrogen-bond acceptors (Lipinski definition) is 3. The number of aryl methyl sites for hydroxylation is 1. The highest BCUT2D eigenvalue weighted by molar-refractivity contribution is 9.10. The fourth-order valence-electron chi connectivity index (χ4n) is 1.95. The maximum absolute atomic E-state index is 10.8. The number of carboxylic acid groups (broad SMARTS) is 1. The van der Waals surface area contributed by atoms with E-state index in [0.717, 1.165) is 15.7 Å². The molecule has 0 amide bonds. The Balaban J connectivity index is 2.13. The first-order chi connectivity index (χ1) is 8.01. The van der Waals surface area contributed by atoms with Crippen molar-refractivity contribution < 1.29 is 9.90 Å². The van der Waals surface area contributed by atoms with Crippen molar-refractivity contribution >= 4 is 27.6 Å². The zero-order chi connectivity index (χ0) is 12.5. The van der Waals surface area contributed by atoms with Gasteiger partial charge in [0.25, 0.3) is 0 Å². The maximum atomic E-state index is 10.8. The van der Waals surface area contributed by atoms with Gasteiger partial charge in [-0.05, 0) is 24.6 Å². The standard InChI is InChI=1S/C12H15BrN2O2/c1-8-2-3-9(4-10(8)13)15-12(5-11(16)17)6-14-7-12/h2-4,14-15H,5-7H2,1H3,(H,16,17). The van der Waals surface area contributed by atoms with E-state index in [1.165, 1.54) is 0 Å². The lowest BCUT2D eigenvalue weighted by molar-refractivity contribution is -0.138. The molecule has 1 saturated heterocycles.